The van der Waals surface area contributed by atoms with E-state index in [2.05, 4.69) is 5.32 Å². The molecule has 3 rings (SSSR count). The summed E-state index contributed by atoms with van der Waals surface area (Å²) in [5.74, 6) is -1.24. The maximum Gasteiger partial charge on any atom is 0.306 e. The molecule has 1 aliphatic rings. The van der Waals surface area contributed by atoms with Crippen LogP contribution in [0.2, 0.25) is 0 Å². The lowest BCUT2D eigenvalue weighted by Gasteiger charge is -2.12. The van der Waals surface area contributed by atoms with E-state index in [9.17, 15) is 9.59 Å². The summed E-state index contributed by atoms with van der Waals surface area (Å²) < 4.78 is 0. The second kappa shape index (κ2) is 6.65. The molecule has 0 aromatic heterocycles. The SMILES string of the molecule is O=C(N[C@H]1CC[C@@H](C(=O)O)C1)c1ccc(-c2ccccc2)cc1. The minimum absolute atomic E-state index is 0.0441. The summed E-state index contributed by atoms with van der Waals surface area (Å²) in [6.45, 7) is 0. The molecule has 0 radical (unpaired) electrons. The van der Waals surface area contributed by atoms with Crippen LogP contribution in [-0.2, 0) is 4.79 Å². The lowest BCUT2D eigenvalue weighted by molar-refractivity contribution is -0.141. The molecule has 0 spiro atoms. The molecule has 2 aromatic carbocycles. The third kappa shape index (κ3) is 3.59. The van der Waals surface area contributed by atoms with Crippen molar-refractivity contribution < 1.29 is 14.7 Å². The molecule has 0 bridgehead atoms. The number of rotatable bonds is 4. The Kier molecular flexibility index (Phi) is 4.42. The van der Waals surface area contributed by atoms with Crippen LogP contribution in [0.3, 0.4) is 0 Å². The molecule has 0 aliphatic heterocycles. The van der Waals surface area contributed by atoms with Gasteiger partial charge in [0.15, 0.2) is 0 Å². The second-order valence-electron chi connectivity index (χ2n) is 5.96. The Morgan fingerprint density at radius 1 is 0.913 bits per heavy atom. The van der Waals surface area contributed by atoms with Gasteiger partial charge in [0.1, 0.15) is 0 Å². The number of benzene rings is 2. The van der Waals surface area contributed by atoms with Crippen LogP contribution in [0.4, 0.5) is 0 Å². The maximum absolute atomic E-state index is 12.3. The Labute approximate surface area is 135 Å². The minimum atomic E-state index is -0.769. The molecule has 1 fully saturated rings. The van der Waals surface area contributed by atoms with E-state index in [0.717, 1.165) is 17.5 Å². The largest absolute Gasteiger partial charge is 0.481 e. The summed E-state index contributed by atoms with van der Waals surface area (Å²) in [7, 11) is 0. The van der Waals surface area contributed by atoms with Gasteiger partial charge in [-0.25, -0.2) is 0 Å². The number of carbonyl (C=O) groups excluding carboxylic acids is 1. The van der Waals surface area contributed by atoms with E-state index >= 15 is 0 Å². The van der Waals surface area contributed by atoms with Gasteiger partial charge in [-0.15, -0.1) is 0 Å². The summed E-state index contributed by atoms with van der Waals surface area (Å²) in [5.41, 5.74) is 2.77. The van der Waals surface area contributed by atoms with E-state index in [1.165, 1.54) is 0 Å². The summed E-state index contributed by atoms with van der Waals surface area (Å²) >= 11 is 0. The lowest BCUT2D eigenvalue weighted by Crippen LogP contribution is -2.33. The van der Waals surface area contributed by atoms with Gasteiger partial charge in [0.05, 0.1) is 5.92 Å². The van der Waals surface area contributed by atoms with Gasteiger partial charge in [-0.1, -0.05) is 42.5 Å². The molecule has 23 heavy (non-hydrogen) atoms. The first-order chi connectivity index (χ1) is 11.1. The predicted molar refractivity (Wildman–Crippen MR) is 88.1 cm³/mol. The molecule has 0 saturated heterocycles. The van der Waals surface area contributed by atoms with Crippen molar-refractivity contribution in [3.05, 3.63) is 60.2 Å². The highest BCUT2D eigenvalue weighted by molar-refractivity contribution is 5.95. The number of carboxylic acid groups (broad SMARTS) is 1. The zero-order valence-electron chi connectivity index (χ0n) is 12.7. The molecule has 1 saturated carbocycles. The first-order valence-corrected chi connectivity index (χ1v) is 7.82. The Balaban J connectivity index is 1.63. The normalized spacial score (nSPS) is 20.2. The van der Waals surface area contributed by atoms with Gasteiger partial charge in [-0.05, 0) is 42.5 Å². The molecule has 1 amide bonds. The zero-order valence-corrected chi connectivity index (χ0v) is 12.7. The number of carboxylic acids is 1. The van der Waals surface area contributed by atoms with E-state index in [-0.39, 0.29) is 17.9 Å². The van der Waals surface area contributed by atoms with Crippen molar-refractivity contribution in [1.29, 1.82) is 0 Å². The average molecular weight is 309 g/mol. The number of aliphatic carboxylic acids is 1. The molecule has 4 nitrogen and oxygen atoms in total. The number of carbonyl (C=O) groups is 2. The Hall–Kier alpha value is -2.62. The van der Waals surface area contributed by atoms with Crippen LogP contribution < -0.4 is 5.32 Å². The quantitative estimate of drug-likeness (QED) is 0.910. The molecular weight excluding hydrogens is 290 g/mol. The molecule has 0 heterocycles. The van der Waals surface area contributed by atoms with Gasteiger partial charge < -0.3 is 10.4 Å². The van der Waals surface area contributed by atoms with Crippen LogP contribution in [0, 0.1) is 5.92 Å². The summed E-state index contributed by atoms with van der Waals surface area (Å²) in [5, 5.41) is 11.9. The van der Waals surface area contributed by atoms with Crippen molar-refractivity contribution in [2.45, 2.75) is 25.3 Å². The van der Waals surface area contributed by atoms with E-state index in [1.807, 2.05) is 42.5 Å². The molecule has 2 atom stereocenters. The first kappa shape index (κ1) is 15.3. The van der Waals surface area contributed by atoms with Crippen LogP contribution in [0.15, 0.2) is 54.6 Å². The van der Waals surface area contributed by atoms with Crippen LogP contribution in [-0.4, -0.2) is 23.0 Å². The molecule has 118 valence electrons. The molecule has 2 N–H and O–H groups in total. The zero-order chi connectivity index (χ0) is 16.2. The van der Waals surface area contributed by atoms with E-state index in [0.29, 0.717) is 18.4 Å². The fraction of sp³-hybridized carbons (Fsp3) is 0.263. The monoisotopic (exact) mass is 309 g/mol. The van der Waals surface area contributed by atoms with Gasteiger partial charge in [-0.3, -0.25) is 9.59 Å². The number of amides is 1. The van der Waals surface area contributed by atoms with Gasteiger partial charge in [-0.2, -0.15) is 0 Å². The molecule has 2 aromatic rings. The highest BCUT2D eigenvalue weighted by Gasteiger charge is 2.30. The second-order valence-corrected chi connectivity index (χ2v) is 5.96. The number of hydrogen-bond donors (Lipinski definition) is 2. The molecule has 1 aliphatic carbocycles. The third-order valence-corrected chi connectivity index (χ3v) is 4.37. The highest BCUT2D eigenvalue weighted by Crippen LogP contribution is 2.26. The van der Waals surface area contributed by atoms with Gasteiger partial charge >= 0.3 is 5.97 Å². The predicted octanol–water partition coefficient (Wildman–Crippen LogP) is 3.34. The Bertz CT molecular complexity index is 694. The van der Waals surface area contributed by atoms with Crippen molar-refractivity contribution in [2.24, 2.45) is 5.92 Å². The first-order valence-electron chi connectivity index (χ1n) is 7.82. The minimum Gasteiger partial charge on any atom is -0.481 e. The van der Waals surface area contributed by atoms with Crippen LogP contribution >= 0.6 is 0 Å². The van der Waals surface area contributed by atoms with Crippen LogP contribution in [0.5, 0.6) is 0 Å². The van der Waals surface area contributed by atoms with Gasteiger partial charge in [0, 0.05) is 11.6 Å². The van der Waals surface area contributed by atoms with E-state index < -0.39 is 5.97 Å². The summed E-state index contributed by atoms with van der Waals surface area (Å²) in [4.78, 5) is 23.2. The smallest absolute Gasteiger partial charge is 0.306 e. The molecule has 0 unspecified atom stereocenters. The number of nitrogens with one attached hydrogen (secondary N) is 1. The lowest BCUT2D eigenvalue weighted by atomic mass is 10.0. The fourth-order valence-electron chi connectivity index (χ4n) is 3.05. The van der Waals surface area contributed by atoms with Crippen LogP contribution in [0.25, 0.3) is 11.1 Å². The fourth-order valence-corrected chi connectivity index (χ4v) is 3.05. The van der Waals surface area contributed by atoms with Crippen molar-refractivity contribution >= 4 is 11.9 Å². The molecule has 4 heteroatoms. The van der Waals surface area contributed by atoms with Gasteiger partial charge in [0.2, 0.25) is 0 Å². The van der Waals surface area contributed by atoms with E-state index in [4.69, 9.17) is 5.11 Å². The average Bonchev–Trinajstić information content (AvgIpc) is 3.04. The standard InChI is InChI=1S/C19H19NO3/c21-18(20-17-11-10-16(12-17)19(22)23)15-8-6-14(7-9-15)13-4-2-1-3-5-13/h1-9,16-17H,10-12H2,(H,20,21)(H,22,23)/t16-,17+/m1/s1. The Morgan fingerprint density at radius 2 is 1.57 bits per heavy atom. The molecular formula is C19H19NO3. The maximum atomic E-state index is 12.3. The van der Waals surface area contributed by atoms with Crippen molar-refractivity contribution in [1.82, 2.24) is 5.32 Å². The van der Waals surface area contributed by atoms with Crippen molar-refractivity contribution in [3.8, 4) is 11.1 Å². The summed E-state index contributed by atoms with van der Waals surface area (Å²) in [6, 6.07) is 17.4. The highest BCUT2D eigenvalue weighted by atomic mass is 16.4. The topological polar surface area (TPSA) is 66.4 Å². The van der Waals surface area contributed by atoms with Crippen LogP contribution in [0.1, 0.15) is 29.6 Å². The Morgan fingerprint density at radius 3 is 2.17 bits per heavy atom. The van der Waals surface area contributed by atoms with Crippen molar-refractivity contribution in [2.75, 3.05) is 0 Å². The van der Waals surface area contributed by atoms with Crippen molar-refractivity contribution in [3.63, 3.8) is 0 Å². The van der Waals surface area contributed by atoms with Gasteiger partial charge in [0.25, 0.3) is 5.91 Å². The summed E-state index contributed by atoms with van der Waals surface area (Å²) in [6.07, 6.45) is 1.88. The third-order valence-electron chi connectivity index (χ3n) is 4.37. The van der Waals surface area contributed by atoms with E-state index in [1.54, 1.807) is 12.1 Å². The number of hydrogen-bond acceptors (Lipinski definition) is 2.